The molecular weight excluding hydrogens is 507 g/mol. The number of ether oxygens (including phenoxy) is 2. The van der Waals surface area contributed by atoms with Crippen LogP contribution >= 0.6 is 24.0 Å². The lowest BCUT2D eigenvalue weighted by Crippen LogP contribution is -2.49. The predicted molar refractivity (Wildman–Crippen MR) is 134 cm³/mol. The van der Waals surface area contributed by atoms with E-state index in [0.717, 1.165) is 57.3 Å². The molecule has 0 bridgehead atoms. The lowest BCUT2D eigenvalue weighted by Gasteiger charge is -2.37. The van der Waals surface area contributed by atoms with Gasteiger partial charge in [0.1, 0.15) is 5.75 Å². The SMILES string of the molecule is CN=C(NCC(c1ccccc1OC)N1CCCCC1)N1CCC(C(=O)OC)CC1.I. The van der Waals surface area contributed by atoms with Crippen LogP contribution in [0.1, 0.15) is 43.7 Å². The Kier molecular flexibility index (Phi) is 10.9. The Morgan fingerprint density at radius 1 is 1.13 bits per heavy atom. The number of aliphatic imine (C=N–C) groups is 1. The highest BCUT2D eigenvalue weighted by Gasteiger charge is 2.29. The van der Waals surface area contributed by atoms with Crippen LogP contribution in [0.5, 0.6) is 5.75 Å². The van der Waals surface area contributed by atoms with Crippen molar-refractivity contribution in [2.45, 2.75) is 38.1 Å². The summed E-state index contributed by atoms with van der Waals surface area (Å²) in [4.78, 5) is 21.1. The molecule has 1 aromatic rings. The number of methoxy groups -OCH3 is 2. The second-order valence-electron chi connectivity index (χ2n) is 8.07. The number of para-hydroxylation sites is 1. The Morgan fingerprint density at radius 2 is 1.81 bits per heavy atom. The summed E-state index contributed by atoms with van der Waals surface area (Å²) in [7, 11) is 5.03. The Balaban J connectivity index is 0.00000341. The van der Waals surface area contributed by atoms with E-state index in [1.165, 1.54) is 31.9 Å². The van der Waals surface area contributed by atoms with E-state index in [1.807, 2.05) is 19.2 Å². The zero-order chi connectivity index (χ0) is 21.3. The molecule has 2 aliphatic rings. The van der Waals surface area contributed by atoms with Gasteiger partial charge in [0.25, 0.3) is 0 Å². The third kappa shape index (κ3) is 6.71. The molecule has 8 heteroatoms. The first-order valence-electron chi connectivity index (χ1n) is 11.1. The van der Waals surface area contributed by atoms with Crippen LogP contribution in [-0.4, -0.2) is 75.7 Å². The maximum Gasteiger partial charge on any atom is 0.308 e. The van der Waals surface area contributed by atoms with E-state index in [-0.39, 0.29) is 41.9 Å². The van der Waals surface area contributed by atoms with E-state index >= 15 is 0 Å². The highest BCUT2D eigenvalue weighted by molar-refractivity contribution is 14.0. The number of esters is 1. The van der Waals surface area contributed by atoms with Gasteiger partial charge < -0.3 is 19.7 Å². The van der Waals surface area contributed by atoms with E-state index in [2.05, 4.69) is 32.2 Å². The molecule has 0 radical (unpaired) electrons. The number of likely N-dealkylation sites (tertiary alicyclic amines) is 2. The van der Waals surface area contributed by atoms with Crippen LogP contribution in [0.2, 0.25) is 0 Å². The number of benzene rings is 1. The number of hydrogen-bond acceptors (Lipinski definition) is 5. The topological polar surface area (TPSA) is 66.4 Å². The summed E-state index contributed by atoms with van der Waals surface area (Å²) in [5, 5.41) is 3.61. The molecule has 0 spiro atoms. The molecule has 2 saturated heterocycles. The Labute approximate surface area is 203 Å². The van der Waals surface area contributed by atoms with Crippen molar-refractivity contribution in [3.8, 4) is 5.75 Å². The van der Waals surface area contributed by atoms with E-state index in [4.69, 9.17) is 9.47 Å². The molecule has 1 atom stereocenters. The standard InChI is InChI=1S/C23H36N4O3.HI/c1-24-23(27-15-11-18(12-16-27)22(28)30-3)25-17-20(26-13-7-4-8-14-26)19-9-5-6-10-21(19)29-2;/h5-6,9-10,18,20H,4,7-8,11-17H2,1-3H3,(H,24,25);1H. The van der Waals surface area contributed by atoms with Crippen LogP contribution in [0.15, 0.2) is 29.3 Å². The van der Waals surface area contributed by atoms with Gasteiger partial charge in [-0.25, -0.2) is 0 Å². The van der Waals surface area contributed by atoms with Crippen molar-refractivity contribution in [3.05, 3.63) is 29.8 Å². The van der Waals surface area contributed by atoms with Gasteiger partial charge in [-0.1, -0.05) is 24.6 Å². The molecule has 0 saturated carbocycles. The molecule has 2 fully saturated rings. The summed E-state index contributed by atoms with van der Waals surface area (Å²) >= 11 is 0. The van der Waals surface area contributed by atoms with Gasteiger partial charge in [0, 0.05) is 32.2 Å². The maximum absolute atomic E-state index is 11.8. The number of nitrogens with zero attached hydrogens (tertiary/aromatic N) is 3. The van der Waals surface area contributed by atoms with Crippen molar-refractivity contribution in [1.82, 2.24) is 15.1 Å². The van der Waals surface area contributed by atoms with Crippen LogP contribution in [0.25, 0.3) is 0 Å². The van der Waals surface area contributed by atoms with Crippen LogP contribution in [0.3, 0.4) is 0 Å². The van der Waals surface area contributed by atoms with Crippen molar-refractivity contribution in [1.29, 1.82) is 0 Å². The molecule has 2 heterocycles. The normalized spacial score (nSPS) is 19.3. The van der Waals surface area contributed by atoms with Gasteiger partial charge in [-0.3, -0.25) is 14.7 Å². The largest absolute Gasteiger partial charge is 0.496 e. The molecule has 2 aliphatic heterocycles. The average molecular weight is 544 g/mol. The summed E-state index contributed by atoms with van der Waals surface area (Å²) in [6.07, 6.45) is 5.38. The maximum atomic E-state index is 11.8. The van der Waals surface area contributed by atoms with E-state index < -0.39 is 0 Å². The number of carbonyl (C=O) groups excluding carboxylic acids is 1. The second kappa shape index (κ2) is 13.1. The molecular formula is C23H37IN4O3. The molecule has 1 N–H and O–H groups in total. The first-order valence-corrected chi connectivity index (χ1v) is 11.1. The minimum absolute atomic E-state index is 0. The van der Waals surface area contributed by atoms with Crippen molar-refractivity contribution in [2.24, 2.45) is 10.9 Å². The zero-order valence-corrected chi connectivity index (χ0v) is 21.3. The number of guanidine groups is 1. The Morgan fingerprint density at radius 3 is 2.42 bits per heavy atom. The zero-order valence-electron chi connectivity index (χ0n) is 19.0. The monoisotopic (exact) mass is 544 g/mol. The van der Waals surface area contributed by atoms with Crippen molar-refractivity contribution >= 4 is 35.9 Å². The molecule has 31 heavy (non-hydrogen) atoms. The summed E-state index contributed by atoms with van der Waals surface area (Å²) < 4.78 is 10.6. The molecule has 174 valence electrons. The fourth-order valence-electron chi connectivity index (χ4n) is 4.62. The lowest BCUT2D eigenvalue weighted by molar-refractivity contribution is -0.146. The quantitative estimate of drug-likeness (QED) is 0.257. The molecule has 1 unspecified atom stereocenters. The number of piperidine rings is 2. The summed E-state index contributed by atoms with van der Waals surface area (Å²) in [6, 6.07) is 8.54. The number of hydrogen-bond donors (Lipinski definition) is 1. The van der Waals surface area contributed by atoms with Crippen LogP contribution in [0.4, 0.5) is 0 Å². The van der Waals surface area contributed by atoms with Gasteiger partial charge in [0.2, 0.25) is 0 Å². The average Bonchev–Trinajstić information content (AvgIpc) is 2.82. The fourth-order valence-corrected chi connectivity index (χ4v) is 4.62. The van der Waals surface area contributed by atoms with Gasteiger partial charge in [-0.05, 0) is 44.8 Å². The minimum atomic E-state index is -0.0982. The van der Waals surface area contributed by atoms with Crippen LogP contribution in [-0.2, 0) is 9.53 Å². The number of nitrogens with one attached hydrogen (secondary N) is 1. The first-order chi connectivity index (χ1) is 14.7. The lowest BCUT2D eigenvalue weighted by atomic mass is 9.97. The molecule has 0 amide bonds. The number of rotatable bonds is 6. The van der Waals surface area contributed by atoms with E-state index in [1.54, 1.807) is 7.11 Å². The Bertz CT molecular complexity index is 717. The highest BCUT2D eigenvalue weighted by Crippen LogP contribution is 2.31. The molecule has 0 aromatic heterocycles. The third-order valence-corrected chi connectivity index (χ3v) is 6.32. The molecule has 3 rings (SSSR count). The molecule has 0 aliphatic carbocycles. The van der Waals surface area contributed by atoms with E-state index in [0.29, 0.717) is 0 Å². The summed E-state index contributed by atoms with van der Waals surface area (Å²) in [6.45, 7) is 4.59. The number of carbonyl (C=O) groups is 1. The predicted octanol–water partition coefficient (Wildman–Crippen LogP) is 3.30. The van der Waals surface area contributed by atoms with Crippen LogP contribution in [0, 0.1) is 5.92 Å². The molecule has 1 aromatic carbocycles. The Hall–Kier alpha value is -1.55. The second-order valence-corrected chi connectivity index (χ2v) is 8.07. The van der Waals surface area contributed by atoms with Crippen molar-refractivity contribution < 1.29 is 14.3 Å². The summed E-state index contributed by atoms with van der Waals surface area (Å²) in [5.74, 6) is 1.73. The van der Waals surface area contributed by atoms with Gasteiger partial charge >= 0.3 is 5.97 Å². The van der Waals surface area contributed by atoms with Crippen molar-refractivity contribution in [3.63, 3.8) is 0 Å². The van der Waals surface area contributed by atoms with Gasteiger partial charge in [0.05, 0.1) is 26.2 Å². The molecule has 7 nitrogen and oxygen atoms in total. The highest BCUT2D eigenvalue weighted by atomic mass is 127. The first kappa shape index (κ1) is 25.7. The fraction of sp³-hybridized carbons (Fsp3) is 0.652. The third-order valence-electron chi connectivity index (χ3n) is 6.32. The smallest absolute Gasteiger partial charge is 0.308 e. The number of halogens is 1. The van der Waals surface area contributed by atoms with Crippen molar-refractivity contribution in [2.75, 3.05) is 54.0 Å². The van der Waals surface area contributed by atoms with Gasteiger partial charge in [-0.15, -0.1) is 24.0 Å². The van der Waals surface area contributed by atoms with Gasteiger partial charge in [0.15, 0.2) is 5.96 Å². The van der Waals surface area contributed by atoms with Gasteiger partial charge in [-0.2, -0.15) is 0 Å². The minimum Gasteiger partial charge on any atom is -0.496 e. The van der Waals surface area contributed by atoms with E-state index in [9.17, 15) is 4.79 Å². The van der Waals surface area contributed by atoms with Crippen LogP contribution < -0.4 is 10.1 Å². The summed E-state index contributed by atoms with van der Waals surface area (Å²) in [5.41, 5.74) is 1.22.